The summed E-state index contributed by atoms with van der Waals surface area (Å²) >= 11 is 0. The van der Waals surface area contributed by atoms with E-state index in [9.17, 15) is 13.2 Å². The maximum absolute atomic E-state index is 12.5. The van der Waals surface area contributed by atoms with Gasteiger partial charge in [0, 0.05) is 25.0 Å². The molecule has 1 N–H and O–H groups in total. The van der Waals surface area contributed by atoms with E-state index in [0.29, 0.717) is 37.4 Å². The van der Waals surface area contributed by atoms with E-state index in [0.717, 1.165) is 12.8 Å². The number of hydrogen-bond donors (Lipinski definition) is 1. The second-order valence-corrected chi connectivity index (χ2v) is 8.04. The first kappa shape index (κ1) is 18.9. The summed E-state index contributed by atoms with van der Waals surface area (Å²) in [7, 11) is -3.65. The molecule has 0 atom stereocenters. The lowest BCUT2D eigenvalue weighted by Crippen LogP contribution is -2.48. The Bertz CT molecular complexity index is 652. The van der Waals surface area contributed by atoms with Gasteiger partial charge in [-0.25, -0.2) is 13.1 Å². The average molecular weight is 357 g/mol. The predicted octanol–water partition coefficient (Wildman–Crippen LogP) is 2.00. The minimum absolute atomic E-state index is 0.0699. The number of piperidine rings is 1. The van der Waals surface area contributed by atoms with Crippen LogP contribution in [0.2, 0.25) is 0 Å². The van der Waals surface area contributed by atoms with E-state index >= 15 is 0 Å². The Balaban J connectivity index is 1.97. The number of hydrogen-bond acceptors (Lipinski definition) is 5. The summed E-state index contributed by atoms with van der Waals surface area (Å²) in [6.07, 6.45) is 2.92. The van der Waals surface area contributed by atoms with Gasteiger partial charge in [0.15, 0.2) is 5.76 Å². The quantitative estimate of drug-likeness (QED) is 0.840. The number of carbonyl (C=O) groups is 1. The van der Waals surface area contributed by atoms with Gasteiger partial charge < -0.3 is 9.42 Å². The second kappa shape index (κ2) is 7.65. The van der Waals surface area contributed by atoms with E-state index in [1.54, 1.807) is 13.8 Å². The first-order valence-corrected chi connectivity index (χ1v) is 10.0. The number of carbonyl (C=O) groups excluding carboxylic acids is 1. The highest BCUT2D eigenvalue weighted by atomic mass is 32.2. The highest BCUT2D eigenvalue weighted by Gasteiger charge is 2.31. The van der Waals surface area contributed by atoms with Gasteiger partial charge in [-0.3, -0.25) is 4.79 Å². The molecule has 24 heavy (non-hydrogen) atoms. The number of nitrogens with zero attached hydrogens (tertiary/aromatic N) is 2. The third-order valence-corrected chi connectivity index (χ3v) is 6.46. The molecule has 1 fully saturated rings. The lowest BCUT2D eigenvalue weighted by atomic mass is 9.99. The number of aromatic nitrogens is 1. The van der Waals surface area contributed by atoms with Crippen molar-refractivity contribution < 1.29 is 17.7 Å². The van der Waals surface area contributed by atoms with Crippen molar-refractivity contribution in [1.82, 2.24) is 14.8 Å². The molecule has 0 saturated carbocycles. The lowest BCUT2D eigenvalue weighted by molar-refractivity contribution is -0.136. The largest absolute Gasteiger partial charge is 0.360 e. The zero-order chi connectivity index (χ0) is 17.9. The minimum atomic E-state index is -3.65. The first-order valence-electron chi connectivity index (χ1n) is 8.54. The molecule has 1 amide bonds. The van der Waals surface area contributed by atoms with Crippen molar-refractivity contribution in [2.24, 2.45) is 5.92 Å². The molecule has 136 valence electrons. The van der Waals surface area contributed by atoms with Crippen LogP contribution in [-0.2, 0) is 14.8 Å². The number of likely N-dealkylation sites (tertiary alicyclic amines) is 1. The maximum Gasteiger partial charge on any atom is 0.246 e. The molecule has 1 aliphatic rings. The van der Waals surface area contributed by atoms with E-state index in [1.165, 1.54) is 0 Å². The summed E-state index contributed by atoms with van der Waals surface area (Å²) in [5, 5.41) is 3.70. The van der Waals surface area contributed by atoms with Gasteiger partial charge >= 0.3 is 0 Å². The van der Waals surface area contributed by atoms with Crippen LogP contribution in [0, 0.1) is 19.8 Å². The predicted molar refractivity (Wildman–Crippen MR) is 90.0 cm³/mol. The maximum atomic E-state index is 12.5. The number of aryl methyl sites for hydroxylation is 2. The number of sulfonamides is 1. The third kappa shape index (κ3) is 3.97. The molecule has 0 aromatic carbocycles. The molecule has 1 aromatic rings. The summed E-state index contributed by atoms with van der Waals surface area (Å²) in [4.78, 5) is 14.4. The molecule has 0 radical (unpaired) electrons. The summed E-state index contributed by atoms with van der Waals surface area (Å²) < 4.78 is 32.7. The number of rotatable bonds is 6. The van der Waals surface area contributed by atoms with Gasteiger partial charge in [-0.05, 0) is 39.5 Å². The van der Waals surface area contributed by atoms with Gasteiger partial charge in [0.05, 0.1) is 0 Å². The van der Waals surface area contributed by atoms with Crippen LogP contribution in [0.15, 0.2) is 9.42 Å². The Labute approximate surface area is 143 Å². The van der Waals surface area contributed by atoms with Gasteiger partial charge in [0.25, 0.3) is 0 Å². The average Bonchev–Trinajstić information content (AvgIpc) is 2.88. The van der Waals surface area contributed by atoms with Crippen LogP contribution < -0.4 is 4.72 Å². The highest BCUT2D eigenvalue weighted by Crippen LogP contribution is 2.22. The molecule has 0 aliphatic carbocycles. The molecular weight excluding hydrogens is 330 g/mol. The first-order chi connectivity index (χ1) is 11.3. The second-order valence-electron chi connectivity index (χ2n) is 6.39. The smallest absolute Gasteiger partial charge is 0.246 e. The third-order valence-electron chi connectivity index (χ3n) is 4.70. The normalized spacial score (nSPS) is 16.8. The van der Waals surface area contributed by atoms with Crippen LogP contribution in [0.3, 0.4) is 0 Å². The van der Waals surface area contributed by atoms with Gasteiger partial charge in [-0.15, -0.1) is 0 Å². The Hall–Kier alpha value is -1.41. The SMILES string of the molecule is CCC(CC)C(=O)N1CCC(NS(=O)(=O)c2c(C)noc2C)CC1. The van der Waals surface area contributed by atoms with Gasteiger partial charge in [0.1, 0.15) is 10.6 Å². The fourth-order valence-electron chi connectivity index (χ4n) is 3.25. The topological polar surface area (TPSA) is 92.5 Å². The van der Waals surface area contributed by atoms with E-state index < -0.39 is 10.0 Å². The van der Waals surface area contributed by atoms with Crippen LogP contribution in [0.4, 0.5) is 0 Å². The van der Waals surface area contributed by atoms with Crippen molar-refractivity contribution >= 4 is 15.9 Å². The van der Waals surface area contributed by atoms with E-state index in [2.05, 4.69) is 9.88 Å². The molecular formula is C16H27N3O4S. The van der Waals surface area contributed by atoms with Crippen LogP contribution in [0.25, 0.3) is 0 Å². The monoisotopic (exact) mass is 357 g/mol. The molecule has 1 aliphatic heterocycles. The van der Waals surface area contributed by atoms with Crippen LogP contribution in [0.5, 0.6) is 0 Å². The number of nitrogens with one attached hydrogen (secondary N) is 1. The summed E-state index contributed by atoms with van der Waals surface area (Å²) in [5.74, 6) is 0.550. The van der Waals surface area contributed by atoms with Crippen LogP contribution in [0.1, 0.15) is 51.0 Å². The summed E-state index contributed by atoms with van der Waals surface area (Å²) in [6, 6.07) is -0.172. The highest BCUT2D eigenvalue weighted by molar-refractivity contribution is 7.89. The van der Waals surface area contributed by atoms with Gasteiger partial charge in [0.2, 0.25) is 15.9 Å². The molecule has 7 nitrogen and oxygen atoms in total. The Morgan fingerprint density at radius 2 is 1.88 bits per heavy atom. The molecule has 0 spiro atoms. The van der Waals surface area contributed by atoms with Crippen molar-refractivity contribution in [2.75, 3.05) is 13.1 Å². The number of amides is 1. The molecule has 2 heterocycles. The summed E-state index contributed by atoms with van der Waals surface area (Å²) in [5.41, 5.74) is 0.362. The van der Waals surface area contributed by atoms with Gasteiger partial charge in [-0.2, -0.15) is 0 Å². The molecule has 2 rings (SSSR count). The fraction of sp³-hybridized carbons (Fsp3) is 0.750. The van der Waals surface area contributed by atoms with Crippen LogP contribution in [-0.4, -0.2) is 43.5 Å². The molecule has 1 aromatic heterocycles. The zero-order valence-electron chi connectivity index (χ0n) is 14.8. The van der Waals surface area contributed by atoms with Crippen LogP contribution >= 0.6 is 0 Å². The van der Waals surface area contributed by atoms with E-state index in [-0.39, 0.29) is 22.8 Å². The van der Waals surface area contributed by atoms with Crippen molar-refractivity contribution in [3.63, 3.8) is 0 Å². The lowest BCUT2D eigenvalue weighted by Gasteiger charge is -2.34. The van der Waals surface area contributed by atoms with Crippen molar-refractivity contribution in [3.05, 3.63) is 11.5 Å². The van der Waals surface area contributed by atoms with Crippen molar-refractivity contribution in [3.8, 4) is 0 Å². The standard InChI is InChI=1S/C16H27N3O4S/c1-5-13(6-2)16(20)19-9-7-14(8-10-19)18-24(21,22)15-11(3)17-23-12(15)4/h13-14,18H,5-10H2,1-4H3. The molecule has 0 bridgehead atoms. The molecule has 0 unspecified atom stereocenters. The van der Waals surface area contributed by atoms with E-state index in [4.69, 9.17) is 4.52 Å². The van der Waals surface area contributed by atoms with Crippen molar-refractivity contribution in [2.45, 2.75) is 64.3 Å². The van der Waals surface area contributed by atoms with Crippen molar-refractivity contribution in [1.29, 1.82) is 0 Å². The summed E-state index contributed by atoms with van der Waals surface area (Å²) in [6.45, 7) is 8.43. The van der Waals surface area contributed by atoms with Gasteiger partial charge in [-0.1, -0.05) is 19.0 Å². The Morgan fingerprint density at radius 3 is 2.33 bits per heavy atom. The Kier molecular flexibility index (Phi) is 6.03. The Morgan fingerprint density at radius 1 is 1.29 bits per heavy atom. The fourth-order valence-corrected chi connectivity index (χ4v) is 4.88. The molecule has 1 saturated heterocycles. The van der Waals surface area contributed by atoms with E-state index in [1.807, 2.05) is 18.7 Å². The molecule has 8 heteroatoms. The minimum Gasteiger partial charge on any atom is -0.360 e. The zero-order valence-corrected chi connectivity index (χ0v) is 15.6.